The molecule has 0 aromatic carbocycles. The zero-order valence-corrected chi connectivity index (χ0v) is 37.9. The highest BCUT2D eigenvalue weighted by molar-refractivity contribution is 7.47. The number of ether oxygens (including phenoxy) is 2. The summed E-state index contributed by atoms with van der Waals surface area (Å²) < 4.78 is 47.7. The van der Waals surface area contributed by atoms with E-state index >= 15 is 0 Å². The van der Waals surface area contributed by atoms with Gasteiger partial charge in [-0.15, -0.1) is 0 Å². The van der Waals surface area contributed by atoms with Gasteiger partial charge in [0.25, 0.3) is 0 Å². The van der Waals surface area contributed by atoms with Crippen molar-refractivity contribution in [2.75, 3.05) is 26.4 Å². The molecule has 0 bridgehead atoms. The molecular weight excluding hydrogens is 802 g/mol. The Morgan fingerprint density at radius 1 is 0.627 bits per heavy atom. The molecule has 0 rings (SSSR count). The Kier molecular flexibility index (Phi) is 36.5. The first kappa shape index (κ1) is 57.0. The van der Waals surface area contributed by atoms with Crippen molar-refractivity contribution in [1.82, 2.24) is 0 Å². The van der Waals surface area contributed by atoms with Crippen LogP contribution in [-0.4, -0.2) is 81.6 Å². The van der Waals surface area contributed by atoms with Gasteiger partial charge >= 0.3 is 27.6 Å². The molecule has 5 N–H and O–H groups in total. The number of hydrogen-bond donors (Lipinski definition) is 5. The van der Waals surface area contributed by atoms with E-state index in [9.17, 15) is 33.8 Å². The van der Waals surface area contributed by atoms with Crippen LogP contribution < -0.4 is 0 Å². The van der Waals surface area contributed by atoms with Crippen LogP contribution in [0.5, 0.6) is 0 Å². The van der Waals surface area contributed by atoms with Gasteiger partial charge in [-0.3, -0.25) is 23.2 Å². The molecule has 0 fully saturated rings. The SMILES string of the molecule is CCCCC/C=C\C[C@@H](O)/C=C/C=C\C/C=C\CCCC(=O)OC[C@H](COP(=O)(O)OC[C@@H](O)COP(=O)(O)O)OC(=O)CCCCCCCCCCCCC(C)CC. The van der Waals surface area contributed by atoms with Crippen LogP contribution in [0.4, 0.5) is 0 Å². The number of esters is 2. The van der Waals surface area contributed by atoms with E-state index in [-0.39, 0.29) is 12.8 Å². The van der Waals surface area contributed by atoms with Crippen molar-refractivity contribution in [3.05, 3.63) is 48.6 Å². The Balaban J connectivity index is 4.67. The highest BCUT2D eigenvalue weighted by Crippen LogP contribution is 2.43. The largest absolute Gasteiger partial charge is 0.472 e. The molecule has 0 radical (unpaired) electrons. The maximum Gasteiger partial charge on any atom is 0.472 e. The summed E-state index contributed by atoms with van der Waals surface area (Å²) in [5.41, 5.74) is 0. The molecule has 16 heteroatoms. The molecule has 0 saturated carbocycles. The van der Waals surface area contributed by atoms with Crippen molar-refractivity contribution in [2.45, 2.75) is 180 Å². The minimum atomic E-state index is -4.87. The lowest BCUT2D eigenvalue weighted by molar-refractivity contribution is -0.161. The van der Waals surface area contributed by atoms with E-state index in [1.54, 1.807) is 6.08 Å². The second-order valence-electron chi connectivity index (χ2n) is 15.1. The number of carbonyl (C=O) groups excluding carboxylic acids is 2. The maximum absolute atomic E-state index is 12.7. The van der Waals surface area contributed by atoms with Crippen molar-refractivity contribution in [3.63, 3.8) is 0 Å². The fourth-order valence-corrected chi connectivity index (χ4v) is 6.73. The van der Waals surface area contributed by atoms with Crippen LogP contribution in [0.15, 0.2) is 48.6 Å². The Morgan fingerprint density at radius 2 is 1.22 bits per heavy atom. The zero-order valence-electron chi connectivity index (χ0n) is 36.1. The van der Waals surface area contributed by atoms with Gasteiger partial charge in [-0.05, 0) is 50.9 Å². The van der Waals surface area contributed by atoms with Crippen LogP contribution in [-0.2, 0) is 41.8 Å². The van der Waals surface area contributed by atoms with Crippen LogP contribution >= 0.6 is 15.6 Å². The molecule has 2 unspecified atom stereocenters. The minimum Gasteiger partial charge on any atom is -0.462 e. The Hall–Kier alpha value is -1.96. The van der Waals surface area contributed by atoms with Crippen molar-refractivity contribution in [2.24, 2.45) is 5.92 Å². The molecular formula is C43H78O14P2. The average Bonchev–Trinajstić information content (AvgIpc) is 3.19. The summed E-state index contributed by atoms with van der Waals surface area (Å²) in [5, 5.41) is 19.8. The topological polar surface area (TPSA) is 216 Å². The number of phosphoric acid groups is 2. The monoisotopic (exact) mass is 880 g/mol. The van der Waals surface area contributed by atoms with Gasteiger partial charge in [0.2, 0.25) is 0 Å². The second-order valence-corrected chi connectivity index (χ2v) is 17.8. The molecule has 0 heterocycles. The number of rotatable bonds is 40. The Morgan fingerprint density at radius 3 is 1.88 bits per heavy atom. The molecule has 0 aliphatic heterocycles. The van der Waals surface area contributed by atoms with E-state index < -0.39 is 72.3 Å². The first-order valence-electron chi connectivity index (χ1n) is 21.8. The number of phosphoric ester groups is 2. The smallest absolute Gasteiger partial charge is 0.462 e. The van der Waals surface area contributed by atoms with Gasteiger partial charge in [0.05, 0.1) is 25.9 Å². The van der Waals surface area contributed by atoms with E-state index in [0.717, 1.165) is 38.0 Å². The van der Waals surface area contributed by atoms with E-state index in [1.807, 2.05) is 36.5 Å². The van der Waals surface area contributed by atoms with Crippen molar-refractivity contribution >= 4 is 27.6 Å². The molecule has 59 heavy (non-hydrogen) atoms. The number of aliphatic hydroxyl groups is 2. The lowest BCUT2D eigenvalue weighted by Gasteiger charge is -2.20. The maximum atomic E-state index is 12.7. The van der Waals surface area contributed by atoms with Crippen LogP contribution in [0.25, 0.3) is 0 Å². The average molecular weight is 881 g/mol. The molecule has 0 spiro atoms. The molecule has 344 valence electrons. The van der Waals surface area contributed by atoms with E-state index in [0.29, 0.717) is 32.1 Å². The van der Waals surface area contributed by atoms with Crippen molar-refractivity contribution in [1.29, 1.82) is 0 Å². The third-order valence-corrected chi connectivity index (χ3v) is 10.8. The number of carbonyl (C=O) groups is 2. The fourth-order valence-electron chi connectivity index (χ4n) is 5.58. The molecule has 0 aliphatic rings. The van der Waals surface area contributed by atoms with Gasteiger partial charge in [-0.1, -0.05) is 153 Å². The summed E-state index contributed by atoms with van der Waals surface area (Å²) in [6.45, 7) is 3.90. The van der Waals surface area contributed by atoms with Gasteiger partial charge in [0.15, 0.2) is 6.10 Å². The van der Waals surface area contributed by atoms with Gasteiger partial charge < -0.3 is 34.4 Å². The predicted molar refractivity (Wildman–Crippen MR) is 231 cm³/mol. The summed E-state index contributed by atoms with van der Waals surface area (Å²) in [5.74, 6) is -0.325. The Bertz CT molecular complexity index is 1260. The summed E-state index contributed by atoms with van der Waals surface area (Å²) in [6, 6.07) is 0. The molecule has 0 aromatic rings. The van der Waals surface area contributed by atoms with E-state index in [4.69, 9.17) is 23.8 Å². The normalized spacial score (nSPS) is 15.6. The minimum absolute atomic E-state index is 0.0871. The lowest BCUT2D eigenvalue weighted by atomic mass is 9.99. The lowest BCUT2D eigenvalue weighted by Crippen LogP contribution is -2.30. The third-order valence-electron chi connectivity index (χ3n) is 9.33. The zero-order chi connectivity index (χ0) is 44.0. The first-order chi connectivity index (χ1) is 28.2. The van der Waals surface area contributed by atoms with Crippen LogP contribution in [0.1, 0.15) is 162 Å². The molecule has 0 saturated heterocycles. The predicted octanol–water partition coefficient (Wildman–Crippen LogP) is 9.89. The van der Waals surface area contributed by atoms with Crippen LogP contribution in [0.3, 0.4) is 0 Å². The molecule has 0 aliphatic carbocycles. The van der Waals surface area contributed by atoms with E-state index in [1.165, 1.54) is 64.2 Å². The summed E-state index contributed by atoms with van der Waals surface area (Å²) in [4.78, 5) is 52.6. The second kappa shape index (κ2) is 37.8. The molecule has 0 amide bonds. The standard InChI is InChI=1S/C43H78O14P2/c1-4-6-7-8-20-25-30-39(44)31-26-21-16-13-14-17-22-27-32-42(46)53-36-41(37-56-59(51,52)55-35-40(45)34-54-58(48,49)50)57-43(47)33-28-23-18-12-10-9-11-15-19-24-29-38(3)5-2/h14,16-17,20-21,25-26,31,38-41,44-45H,4-13,15,18-19,22-24,27-30,32-37H2,1-3H3,(H,51,52)(H2,48,49,50)/b17-14-,21-16-,25-20-,31-26+/t38?,39-,40+,41-/m1/s1. The van der Waals surface area contributed by atoms with Gasteiger partial charge in [-0.2, -0.15) is 0 Å². The van der Waals surface area contributed by atoms with Crippen molar-refractivity contribution < 1.29 is 66.7 Å². The molecule has 14 nitrogen and oxygen atoms in total. The molecule has 5 atom stereocenters. The summed E-state index contributed by atoms with van der Waals surface area (Å²) in [7, 11) is -9.71. The number of allylic oxidation sites excluding steroid dienone is 6. The highest BCUT2D eigenvalue weighted by Gasteiger charge is 2.28. The number of unbranched alkanes of at least 4 members (excludes halogenated alkanes) is 13. The molecule has 0 aromatic heterocycles. The van der Waals surface area contributed by atoms with E-state index in [2.05, 4.69) is 35.9 Å². The first-order valence-corrected chi connectivity index (χ1v) is 24.9. The fraction of sp³-hybridized carbons (Fsp3) is 0.767. The van der Waals surface area contributed by atoms with Gasteiger partial charge in [0.1, 0.15) is 12.7 Å². The Labute approximate surface area is 354 Å². The number of hydrogen-bond acceptors (Lipinski definition) is 11. The van der Waals surface area contributed by atoms with Crippen molar-refractivity contribution in [3.8, 4) is 0 Å². The van der Waals surface area contributed by atoms with Gasteiger partial charge in [0, 0.05) is 12.8 Å². The van der Waals surface area contributed by atoms with Gasteiger partial charge in [-0.25, -0.2) is 9.13 Å². The number of aliphatic hydroxyl groups excluding tert-OH is 2. The summed E-state index contributed by atoms with van der Waals surface area (Å²) in [6.07, 6.45) is 32.8. The van der Waals surface area contributed by atoms with Crippen LogP contribution in [0.2, 0.25) is 0 Å². The summed E-state index contributed by atoms with van der Waals surface area (Å²) >= 11 is 0. The highest BCUT2D eigenvalue weighted by atomic mass is 31.2. The third kappa shape index (κ3) is 41.2. The van der Waals surface area contributed by atoms with Crippen LogP contribution in [0, 0.1) is 5.92 Å². The quantitative estimate of drug-likeness (QED) is 0.0127.